The maximum absolute atomic E-state index is 6.29. The standard InChI is InChI=1S/C8H16N.2C2H5O.Ti/c1-7(9)8-5-3-2-4-6-8;2*1-2-3;/h7-8H,1-6,9H2;2*2H2,1H3;/q;2*-1;+2. The van der Waals surface area contributed by atoms with Gasteiger partial charge in [-0.15, -0.1) is 0 Å². The molecule has 1 atom stereocenters. The summed E-state index contributed by atoms with van der Waals surface area (Å²) in [5.41, 5.74) is 6.29. The first-order valence-electron chi connectivity index (χ1n) is 6.64. The van der Waals surface area contributed by atoms with Crippen LogP contribution in [0.1, 0.15) is 46.0 Å². The van der Waals surface area contributed by atoms with Gasteiger partial charge >= 0.3 is 107 Å². The first-order chi connectivity index (χ1) is 7.77. The molecule has 4 heteroatoms. The van der Waals surface area contributed by atoms with Crippen LogP contribution in [0.25, 0.3) is 0 Å². The second-order valence-electron chi connectivity index (χ2n) is 4.50. The van der Waals surface area contributed by atoms with Crippen molar-refractivity contribution in [3.8, 4) is 0 Å². The molecule has 1 saturated carbocycles. The average molecular weight is 264 g/mol. The molecule has 0 aromatic rings. The van der Waals surface area contributed by atoms with Gasteiger partial charge < -0.3 is 0 Å². The summed E-state index contributed by atoms with van der Waals surface area (Å²) in [6, 6.07) is 0.313. The fourth-order valence-corrected chi connectivity index (χ4v) is 5.03. The molecule has 16 heavy (non-hydrogen) atoms. The van der Waals surface area contributed by atoms with E-state index in [4.69, 9.17) is 12.4 Å². The van der Waals surface area contributed by atoms with Gasteiger partial charge in [0.2, 0.25) is 0 Å². The first-order valence-corrected chi connectivity index (χ1v) is 9.02. The summed E-state index contributed by atoms with van der Waals surface area (Å²) in [6.07, 6.45) is 6.73. The fraction of sp³-hybridized carbons (Fsp3) is 1.00. The molecule has 95 valence electrons. The molecule has 0 radical (unpaired) electrons. The van der Waals surface area contributed by atoms with Crippen LogP contribution in [0, 0.1) is 5.92 Å². The van der Waals surface area contributed by atoms with Gasteiger partial charge in [-0.3, -0.25) is 0 Å². The Balaban J connectivity index is 2.30. The summed E-state index contributed by atoms with van der Waals surface area (Å²) in [5.74, 6) is 0.720. The Bertz CT molecular complexity index is 168. The molecule has 1 rings (SSSR count). The number of hydrogen-bond acceptors (Lipinski definition) is 3. The van der Waals surface area contributed by atoms with Gasteiger partial charge in [-0.05, 0) is 0 Å². The quantitative estimate of drug-likeness (QED) is 0.719. The molecule has 0 aliphatic heterocycles. The molecule has 0 aromatic heterocycles. The van der Waals surface area contributed by atoms with Gasteiger partial charge in [-0.25, -0.2) is 0 Å². The minimum atomic E-state index is -1.76. The Morgan fingerprint density at radius 1 is 1.12 bits per heavy atom. The Hall–Kier alpha value is 0.594. The Morgan fingerprint density at radius 3 is 2.19 bits per heavy atom. The van der Waals surface area contributed by atoms with Gasteiger partial charge in [0.05, 0.1) is 0 Å². The fourth-order valence-electron chi connectivity index (χ4n) is 2.40. The molecule has 0 bridgehead atoms. The normalized spacial score (nSPS) is 19.7. The Kier molecular flexibility index (Phi) is 7.92. The van der Waals surface area contributed by atoms with Crippen LogP contribution < -0.4 is 5.73 Å². The molecule has 1 aliphatic carbocycles. The molecule has 3 nitrogen and oxygen atoms in total. The third-order valence-corrected chi connectivity index (χ3v) is 6.43. The van der Waals surface area contributed by atoms with Gasteiger partial charge in [-0.2, -0.15) is 0 Å². The van der Waals surface area contributed by atoms with Crippen molar-refractivity contribution in [1.82, 2.24) is 0 Å². The van der Waals surface area contributed by atoms with Crippen LogP contribution in [0.5, 0.6) is 0 Å². The van der Waals surface area contributed by atoms with Crippen LogP contribution in [-0.2, 0) is 25.3 Å². The molecule has 0 aromatic carbocycles. The Labute approximate surface area is 107 Å². The second kappa shape index (κ2) is 8.65. The van der Waals surface area contributed by atoms with E-state index in [-0.39, 0.29) is 0 Å². The van der Waals surface area contributed by atoms with E-state index in [9.17, 15) is 0 Å². The molecule has 1 unspecified atom stereocenters. The third-order valence-electron chi connectivity index (χ3n) is 3.27. The molecular weight excluding hydrogens is 238 g/mol. The zero-order chi connectivity index (χ0) is 11.8. The van der Waals surface area contributed by atoms with Crippen LogP contribution in [0.2, 0.25) is 4.73 Å². The van der Waals surface area contributed by atoms with Crippen LogP contribution in [0.15, 0.2) is 0 Å². The molecule has 0 spiro atoms. The molecule has 1 aliphatic rings. The molecule has 0 amide bonds. The summed E-state index contributed by atoms with van der Waals surface area (Å²) < 4.78 is 12.4. The number of rotatable bonds is 7. The van der Waals surface area contributed by atoms with Crippen molar-refractivity contribution < 1.29 is 25.3 Å². The van der Waals surface area contributed by atoms with E-state index in [0.717, 1.165) is 23.9 Å². The summed E-state index contributed by atoms with van der Waals surface area (Å²) in [6.45, 7) is 5.62. The summed E-state index contributed by atoms with van der Waals surface area (Å²) in [7, 11) is 0. The molecule has 0 saturated heterocycles. The number of hydrogen-bond donors (Lipinski definition) is 1. The van der Waals surface area contributed by atoms with E-state index in [0.29, 0.717) is 6.04 Å². The molecule has 1 fully saturated rings. The van der Waals surface area contributed by atoms with E-state index < -0.39 is 18.6 Å². The molecule has 0 heterocycles. The number of nitrogens with two attached hydrogens (primary N) is 1. The monoisotopic (exact) mass is 264 g/mol. The van der Waals surface area contributed by atoms with Crippen molar-refractivity contribution in [1.29, 1.82) is 0 Å². The van der Waals surface area contributed by atoms with E-state index in [1.165, 1.54) is 32.1 Å². The van der Waals surface area contributed by atoms with Crippen molar-refractivity contribution in [3.05, 3.63) is 0 Å². The van der Waals surface area contributed by atoms with Crippen LogP contribution in [0.3, 0.4) is 0 Å². The first kappa shape index (κ1) is 14.7. The zero-order valence-corrected chi connectivity index (χ0v) is 12.3. The predicted octanol–water partition coefficient (Wildman–Crippen LogP) is 2.83. The van der Waals surface area contributed by atoms with Gasteiger partial charge in [0.15, 0.2) is 0 Å². The van der Waals surface area contributed by atoms with E-state index >= 15 is 0 Å². The third kappa shape index (κ3) is 5.28. The molecular formula is C12H26NO2Ti. The van der Waals surface area contributed by atoms with Gasteiger partial charge in [0.25, 0.3) is 0 Å². The maximum atomic E-state index is 6.29. The van der Waals surface area contributed by atoms with E-state index in [2.05, 4.69) is 0 Å². The Morgan fingerprint density at radius 2 is 1.69 bits per heavy atom. The molecule has 2 N–H and O–H groups in total. The summed E-state index contributed by atoms with van der Waals surface area (Å²) >= 11 is -1.76. The van der Waals surface area contributed by atoms with Gasteiger partial charge in [-0.1, -0.05) is 0 Å². The van der Waals surface area contributed by atoms with Crippen molar-refractivity contribution >= 4 is 0 Å². The van der Waals surface area contributed by atoms with Crippen LogP contribution >= 0.6 is 0 Å². The SMILES string of the molecule is CC[O][Ti]([CH2]C(N)C1CCCCC1)[O]CC. The summed E-state index contributed by atoms with van der Waals surface area (Å²) in [5, 5.41) is 0. The average Bonchev–Trinajstić information content (AvgIpc) is 2.31. The van der Waals surface area contributed by atoms with E-state index in [1.54, 1.807) is 0 Å². The van der Waals surface area contributed by atoms with E-state index in [1.807, 2.05) is 13.8 Å². The van der Waals surface area contributed by atoms with Crippen LogP contribution in [-0.4, -0.2) is 19.3 Å². The van der Waals surface area contributed by atoms with Crippen molar-refractivity contribution in [3.63, 3.8) is 0 Å². The second-order valence-corrected chi connectivity index (χ2v) is 7.20. The van der Waals surface area contributed by atoms with Crippen molar-refractivity contribution in [2.45, 2.75) is 56.7 Å². The minimum absolute atomic E-state index is 0.313. The topological polar surface area (TPSA) is 44.5 Å². The van der Waals surface area contributed by atoms with Crippen LogP contribution in [0.4, 0.5) is 0 Å². The predicted molar refractivity (Wildman–Crippen MR) is 62.6 cm³/mol. The van der Waals surface area contributed by atoms with Crippen molar-refractivity contribution in [2.75, 3.05) is 13.2 Å². The van der Waals surface area contributed by atoms with Crippen molar-refractivity contribution in [2.24, 2.45) is 11.7 Å². The summed E-state index contributed by atoms with van der Waals surface area (Å²) in [4.78, 5) is 0. The zero-order valence-electron chi connectivity index (χ0n) is 10.7. The van der Waals surface area contributed by atoms with Gasteiger partial charge in [0.1, 0.15) is 0 Å². The van der Waals surface area contributed by atoms with Gasteiger partial charge in [0, 0.05) is 0 Å².